The standard InChI is InChI=1S/C14H27NO2/c1-12(2)10-8-6-5-7-9-11-15-13(3)14(16)17-4/h9,11-13,15H,5-8,10H2,1-4H3. The first-order valence-electron chi connectivity index (χ1n) is 6.56. The molecule has 3 nitrogen and oxygen atoms in total. The van der Waals surface area contributed by atoms with Crippen LogP contribution in [0, 0.1) is 5.92 Å². The summed E-state index contributed by atoms with van der Waals surface area (Å²) in [6, 6.07) is -0.266. The van der Waals surface area contributed by atoms with Gasteiger partial charge in [0.2, 0.25) is 0 Å². The molecule has 0 aliphatic carbocycles. The molecule has 17 heavy (non-hydrogen) atoms. The van der Waals surface area contributed by atoms with Gasteiger partial charge < -0.3 is 10.1 Å². The lowest BCUT2D eigenvalue weighted by Gasteiger charge is -2.08. The minimum absolute atomic E-state index is 0.230. The summed E-state index contributed by atoms with van der Waals surface area (Å²) in [7, 11) is 1.40. The van der Waals surface area contributed by atoms with Crippen LogP contribution in [0.4, 0.5) is 0 Å². The van der Waals surface area contributed by atoms with Gasteiger partial charge in [-0.3, -0.25) is 0 Å². The molecule has 0 aromatic heterocycles. The van der Waals surface area contributed by atoms with E-state index in [0.717, 1.165) is 12.3 Å². The Hall–Kier alpha value is -0.990. The predicted octanol–water partition coefficient (Wildman–Crippen LogP) is 3.26. The average molecular weight is 241 g/mol. The van der Waals surface area contributed by atoms with E-state index in [2.05, 4.69) is 30.0 Å². The molecule has 0 radical (unpaired) electrons. The van der Waals surface area contributed by atoms with Gasteiger partial charge in [0.25, 0.3) is 0 Å². The van der Waals surface area contributed by atoms with Crippen molar-refractivity contribution in [1.82, 2.24) is 5.32 Å². The number of carbonyl (C=O) groups excluding carboxylic acids is 1. The van der Waals surface area contributed by atoms with E-state index in [-0.39, 0.29) is 12.0 Å². The van der Waals surface area contributed by atoms with Crippen molar-refractivity contribution in [2.45, 2.75) is 58.9 Å². The smallest absolute Gasteiger partial charge is 0.327 e. The average Bonchev–Trinajstić information content (AvgIpc) is 2.30. The van der Waals surface area contributed by atoms with Gasteiger partial charge in [0, 0.05) is 0 Å². The second-order valence-corrected chi connectivity index (χ2v) is 4.85. The summed E-state index contributed by atoms with van der Waals surface area (Å²) in [4.78, 5) is 11.1. The van der Waals surface area contributed by atoms with Crippen LogP contribution in [0.2, 0.25) is 0 Å². The Bertz CT molecular complexity index is 224. The van der Waals surface area contributed by atoms with Crippen LogP contribution < -0.4 is 5.32 Å². The van der Waals surface area contributed by atoms with E-state index >= 15 is 0 Å². The first kappa shape index (κ1) is 16.0. The van der Waals surface area contributed by atoms with Crippen molar-refractivity contribution in [3.8, 4) is 0 Å². The molecule has 100 valence electrons. The van der Waals surface area contributed by atoms with Crippen LogP contribution in [-0.4, -0.2) is 19.1 Å². The molecule has 0 spiro atoms. The highest BCUT2D eigenvalue weighted by molar-refractivity contribution is 5.75. The molecule has 1 atom stereocenters. The molecule has 0 bridgehead atoms. The lowest BCUT2D eigenvalue weighted by Crippen LogP contribution is -2.30. The van der Waals surface area contributed by atoms with E-state index in [4.69, 9.17) is 0 Å². The Labute approximate surface area is 106 Å². The number of allylic oxidation sites excluding steroid dienone is 1. The van der Waals surface area contributed by atoms with Gasteiger partial charge in [0.15, 0.2) is 0 Å². The fraction of sp³-hybridized carbons (Fsp3) is 0.786. The topological polar surface area (TPSA) is 38.3 Å². The third-order valence-electron chi connectivity index (χ3n) is 2.67. The maximum absolute atomic E-state index is 11.1. The first-order valence-corrected chi connectivity index (χ1v) is 6.56. The van der Waals surface area contributed by atoms with E-state index in [0.29, 0.717) is 0 Å². The number of hydrogen-bond donors (Lipinski definition) is 1. The molecule has 0 aliphatic heterocycles. The van der Waals surface area contributed by atoms with E-state index in [1.54, 1.807) is 6.92 Å². The molecule has 0 rings (SSSR count). The molecular formula is C14H27NO2. The van der Waals surface area contributed by atoms with E-state index in [1.165, 1.54) is 32.8 Å². The van der Waals surface area contributed by atoms with Crippen molar-refractivity contribution in [2.24, 2.45) is 5.92 Å². The Balaban J connectivity index is 3.39. The monoisotopic (exact) mass is 241 g/mol. The van der Waals surface area contributed by atoms with Crippen LogP contribution in [0.1, 0.15) is 52.9 Å². The Morgan fingerprint density at radius 3 is 2.53 bits per heavy atom. The normalized spacial score (nSPS) is 13.0. The van der Waals surface area contributed by atoms with Crippen molar-refractivity contribution >= 4 is 5.97 Å². The third-order valence-corrected chi connectivity index (χ3v) is 2.67. The van der Waals surface area contributed by atoms with Crippen LogP contribution >= 0.6 is 0 Å². The van der Waals surface area contributed by atoms with Gasteiger partial charge in [0.05, 0.1) is 7.11 Å². The zero-order valence-electron chi connectivity index (χ0n) is 11.7. The number of ether oxygens (including phenoxy) is 1. The minimum Gasteiger partial charge on any atom is -0.467 e. The number of unbranched alkanes of at least 4 members (excludes halogenated alkanes) is 3. The van der Waals surface area contributed by atoms with Crippen LogP contribution in [0.5, 0.6) is 0 Å². The summed E-state index contributed by atoms with van der Waals surface area (Å²) in [6.07, 6.45) is 10.1. The SMILES string of the molecule is COC(=O)C(C)NC=CCCCCCC(C)C. The van der Waals surface area contributed by atoms with Crippen molar-refractivity contribution in [3.63, 3.8) is 0 Å². The molecule has 0 aliphatic rings. The molecule has 0 aromatic carbocycles. The highest BCUT2D eigenvalue weighted by Gasteiger charge is 2.08. The van der Waals surface area contributed by atoms with Crippen molar-refractivity contribution in [3.05, 3.63) is 12.3 Å². The molecule has 0 saturated heterocycles. The molecule has 1 unspecified atom stereocenters. The summed E-state index contributed by atoms with van der Waals surface area (Å²) in [5.41, 5.74) is 0. The van der Waals surface area contributed by atoms with Gasteiger partial charge in [-0.25, -0.2) is 4.79 Å². The Kier molecular flexibility index (Phi) is 9.59. The number of methoxy groups -OCH3 is 1. The van der Waals surface area contributed by atoms with Crippen molar-refractivity contribution in [2.75, 3.05) is 7.11 Å². The number of rotatable bonds is 9. The Morgan fingerprint density at radius 1 is 1.24 bits per heavy atom. The number of esters is 1. The molecule has 0 fully saturated rings. The number of nitrogens with one attached hydrogen (secondary N) is 1. The lowest BCUT2D eigenvalue weighted by atomic mass is 10.0. The fourth-order valence-electron chi connectivity index (χ4n) is 1.53. The summed E-state index contributed by atoms with van der Waals surface area (Å²) in [5.74, 6) is 0.583. The molecular weight excluding hydrogens is 214 g/mol. The van der Waals surface area contributed by atoms with E-state index in [9.17, 15) is 4.79 Å². The van der Waals surface area contributed by atoms with Gasteiger partial charge in [0.1, 0.15) is 6.04 Å². The van der Waals surface area contributed by atoms with Crippen LogP contribution in [0.25, 0.3) is 0 Å². The highest BCUT2D eigenvalue weighted by Crippen LogP contribution is 2.09. The Morgan fingerprint density at radius 2 is 1.94 bits per heavy atom. The van der Waals surface area contributed by atoms with Crippen LogP contribution in [0.3, 0.4) is 0 Å². The molecule has 0 amide bonds. The maximum Gasteiger partial charge on any atom is 0.327 e. The lowest BCUT2D eigenvalue weighted by molar-refractivity contribution is -0.142. The molecule has 0 aromatic rings. The summed E-state index contributed by atoms with van der Waals surface area (Å²) < 4.78 is 4.61. The largest absolute Gasteiger partial charge is 0.467 e. The summed E-state index contributed by atoms with van der Waals surface area (Å²) in [5, 5.41) is 2.99. The van der Waals surface area contributed by atoms with Gasteiger partial charge in [-0.15, -0.1) is 0 Å². The maximum atomic E-state index is 11.1. The zero-order valence-corrected chi connectivity index (χ0v) is 11.7. The zero-order chi connectivity index (χ0) is 13.1. The minimum atomic E-state index is -0.266. The van der Waals surface area contributed by atoms with Crippen molar-refractivity contribution < 1.29 is 9.53 Å². The second kappa shape index (κ2) is 10.2. The van der Waals surface area contributed by atoms with Gasteiger partial charge in [-0.2, -0.15) is 0 Å². The van der Waals surface area contributed by atoms with E-state index in [1.807, 2.05) is 6.20 Å². The van der Waals surface area contributed by atoms with Gasteiger partial charge >= 0.3 is 5.97 Å². The second-order valence-electron chi connectivity index (χ2n) is 4.85. The van der Waals surface area contributed by atoms with Gasteiger partial charge in [-0.05, 0) is 31.9 Å². The van der Waals surface area contributed by atoms with Crippen molar-refractivity contribution in [1.29, 1.82) is 0 Å². The first-order chi connectivity index (χ1) is 8.07. The number of hydrogen-bond acceptors (Lipinski definition) is 3. The molecule has 3 heteroatoms. The van der Waals surface area contributed by atoms with Gasteiger partial charge in [-0.1, -0.05) is 39.2 Å². The molecule has 1 N–H and O–H groups in total. The predicted molar refractivity (Wildman–Crippen MR) is 71.7 cm³/mol. The molecule has 0 saturated carbocycles. The quantitative estimate of drug-likeness (QED) is 0.497. The molecule has 0 heterocycles. The van der Waals surface area contributed by atoms with Crippen LogP contribution in [-0.2, 0) is 9.53 Å². The summed E-state index contributed by atoms with van der Waals surface area (Å²) in [6.45, 7) is 6.31. The highest BCUT2D eigenvalue weighted by atomic mass is 16.5. The summed E-state index contributed by atoms with van der Waals surface area (Å²) >= 11 is 0. The van der Waals surface area contributed by atoms with Crippen LogP contribution in [0.15, 0.2) is 12.3 Å². The number of carbonyl (C=O) groups is 1. The van der Waals surface area contributed by atoms with E-state index < -0.39 is 0 Å². The fourth-order valence-corrected chi connectivity index (χ4v) is 1.53. The third kappa shape index (κ3) is 9.91.